The summed E-state index contributed by atoms with van der Waals surface area (Å²) >= 11 is 6.05. The van der Waals surface area contributed by atoms with E-state index >= 15 is 0 Å². The van der Waals surface area contributed by atoms with E-state index in [1.54, 1.807) is 14.2 Å². The van der Waals surface area contributed by atoms with Gasteiger partial charge in [-0.1, -0.05) is 35.9 Å². The standard InChI is InChI=1S/C19H21ClN2O3/c1-24-16-7-3-14(4-8-16)12-21-18(20)11-19(23)22-13-15-5-9-17(25-2)10-6-15/h3-11,21H,12-13H2,1-2H3,(H,22,23)/b18-11-. The van der Waals surface area contributed by atoms with Gasteiger partial charge in [0, 0.05) is 19.2 Å². The third-order valence-electron chi connectivity index (χ3n) is 3.50. The average molecular weight is 361 g/mol. The highest BCUT2D eigenvalue weighted by Crippen LogP contribution is 2.12. The van der Waals surface area contributed by atoms with Gasteiger partial charge in [0.1, 0.15) is 16.7 Å². The van der Waals surface area contributed by atoms with Crippen LogP contribution in [0.5, 0.6) is 11.5 Å². The van der Waals surface area contributed by atoms with Crippen LogP contribution in [0, 0.1) is 0 Å². The van der Waals surface area contributed by atoms with E-state index in [0.717, 1.165) is 22.6 Å². The van der Waals surface area contributed by atoms with Crippen LogP contribution in [0.25, 0.3) is 0 Å². The molecule has 25 heavy (non-hydrogen) atoms. The molecular weight excluding hydrogens is 340 g/mol. The molecule has 2 rings (SSSR count). The fourth-order valence-electron chi connectivity index (χ4n) is 2.08. The van der Waals surface area contributed by atoms with E-state index in [-0.39, 0.29) is 11.1 Å². The Morgan fingerprint density at radius 2 is 1.32 bits per heavy atom. The van der Waals surface area contributed by atoms with Gasteiger partial charge in [0.15, 0.2) is 0 Å². The number of carbonyl (C=O) groups excluding carboxylic acids is 1. The highest BCUT2D eigenvalue weighted by molar-refractivity contribution is 6.30. The fraction of sp³-hybridized carbons (Fsp3) is 0.211. The van der Waals surface area contributed by atoms with Crippen molar-refractivity contribution in [3.8, 4) is 11.5 Å². The quantitative estimate of drug-likeness (QED) is 0.560. The minimum atomic E-state index is -0.261. The van der Waals surface area contributed by atoms with Gasteiger partial charge in [-0.15, -0.1) is 0 Å². The summed E-state index contributed by atoms with van der Waals surface area (Å²) in [5.41, 5.74) is 2.01. The number of rotatable bonds is 8. The first kappa shape index (κ1) is 18.7. The summed E-state index contributed by atoms with van der Waals surface area (Å²) in [5.74, 6) is 1.31. The summed E-state index contributed by atoms with van der Waals surface area (Å²) in [7, 11) is 3.24. The van der Waals surface area contributed by atoms with Gasteiger partial charge in [-0.2, -0.15) is 0 Å². The molecular formula is C19H21ClN2O3. The predicted molar refractivity (Wildman–Crippen MR) is 98.6 cm³/mol. The van der Waals surface area contributed by atoms with E-state index < -0.39 is 0 Å². The van der Waals surface area contributed by atoms with Crippen LogP contribution in [-0.2, 0) is 17.9 Å². The van der Waals surface area contributed by atoms with Gasteiger partial charge in [0.25, 0.3) is 0 Å². The van der Waals surface area contributed by atoms with Crippen molar-refractivity contribution in [2.24, 2.45) is 0 Å². The normalized spacial score (nSPS) is 10.9. The lowest BCUT2D eigenvalue weighted by atomic mass is 10.2. The molecule has 0 aliphatic heterocycles. The zero-order valence-corrected chi connectivity index (χ0v) is 15.0. The van der Waals surface area contributed by atoms with Crippen LogP contribution in [0.15, 0.2) is 59.8 Å². The Kier molecular flexibility index (Phi) is 7.16. The minimum Gasteiger partial charge on any atom is -0.497 e. The minimum absolute atomic E-state index is 0.261. The Bertz CT molecular complexity index is 712. The second-order valence-electron chi connectivity index (χ2n) is 5.26. The van der Waals surface area contributed by atoms with E-state index in [4.69, 9.17) is 21.1 Å². The maximum absolute atomic E-state index is 11.9. The maximum atomic E-state index is 11.9. The smallest absolute Gasteiger partial charge is 0.247 e. The van der Waals surface area contributed by atoms with Gasteiger partial charge in [-0.25, -0.2) is 0 Å². The van der Waals surface area contributed by atoms with Crippen LogP contribution in [0.1, 0.15) is 11.1 Å². The first-order chi connectivity index (χ1) is 12.1. The highest BCUT2D eigenvalue weighted by Gasteiger charge is 2.01. The molecule has 2 aromatic rings. The monoisotopic (exact) mass is 360 g/mol. The number of nitrogens with one attached hydrogen (secondary N) is 2. The van der Waals surface area contributed by atoms with Crippen molar-refractivity contribution >= 4 is 17.5 Å². The van der Waals surface area contributed by atoms with E-state index in [9.17, 15) is 4.79 Å². The van der Waals surface area contributed by atoms with Crippen molar-refractivity contribution in [2.75, 3.05) is 14.2 Å². The van der Waals surface area contributed by atoms with E-state index in [0.29, 0.717) is 13.1 Å². The molecule has 0 radical (unpaired) electrons. The second-order valence-corrected chi connectivity index (χ2v) is 5.67. The molecule has 0 heterocycles. The van der Waals surface area contributed by atoms with Crippen molar-refractivity contribution in [3.63, 3.8) is 0 Å². The Morgan fingerprint density at radius 1 is 0.880 bits per heavy atom. The molecule has 0 fully saturated rings. The molecule has 0 aromatic heterocycles. The van der Waals surface area contributed by atoms with Gasteiger partial charge < -0.3 is 20.1 Å². The van der Waals surface area contributed by atoms with Crippen molar-refractivity contribution in [2.45, 2.75) is 13.1 Å². The third-order valence-corrected chi connectivity index (χ3v) is 3.75. The van der Waals surface area contributed by atoms with Crippen molar-refractivity contribution in [3.05, 3.63) is 70.9 Å². The highest BCUT2D eigenvalue weighted by atomic mass is 35.5. The summed E-state index contributed by atoms with van der Waals surface area (Å²) in [6.45, 7) is 0.938. The van der Waals surface area contributed by atoms with Crippen LogP contribution in [0.2, 0.25) is 0 Å². The Labute approximate surface area is 152 Å². The molecule has 0 aliphatic rings. The molecule has 0 saturated heterocycles. The topological polar surface area (TPSA) is 59.6 Å². The van der Waals surface area contributed by atoms with Crippen LogP contribution >= 0.6 is 11.6 Å². The molecule has 2 N–H and O–H groups in total. The van der Waals surface area contributed by atoms with E-state index in [1.165, 1.54) is 6.08 Å². The molecule has 6 heteroatoms. The van der Waals surface area contributed by atoms with Crippen LogP contribution < -0.4 is 20.1 Å². The van der Waals surface area contributed by atoms with Crippen molar-refractivity contribution < 1.29 is 14.3 Å². The van der Waals surface area contributed by atoms with Gasteiger partial charge in [0.2, 0.25) is 5.91 Å². The van der Waals surface area contributed by atoms with E-state index in [1.807, 2.05) is 48.5 Å². The Balaban J connectivity index is 1.78. The lowest BCUT2D eigenvalue weighted by molar-refractivity contribution is -0.116. The summed E-state index contributed by atoms with van der Waals surface area (Å²) in [6.07, 6.45) is 1.33. The Morgan fingerprint density at radius 3 is 1.76 bits per heavy atom. The molecule has 0 spiro atoms. The van der Waals surface area contributed by atoms with Crippen molar-refractivity contribution in [1.29, 1.82) is 0 Å². The van der Waals surface area contributed by atoms with Gasteiger partial charge in [0.05, 0.1) is 14.2 Å². The van der Waals surface area contributed by atoms with Crippen LogP contribution in [-0.4, -0.2) is 20.1 Å². The largest absolute Gasteiger partial charge is 0.497 e. The van der Waals surface area contributed by atoms with Crippen LogP contribution in [0.3, 0.4) is 0 Å². The second kappa shape index (κ2) is 9.59. The zero-order valence-electron chi connectivity index (χ0n) is 14.2. The van der Waals surface area contributed by atoms with Crippen LogP contribution in [0.4, 0.5) is 0 Å². The van der Waals surface area contributed by atoms with Gasteiger partial charge in [-0.3, -0.25) is 4.79 Å². The predicted octanol–water partition coefficient (Wildman–Crippen LogP) is 3.19. The summed E-state index contributed by atoms with van der Waals surface area (Å²) in [4.78, 5) is 11.9. The molecule has 5 nitrogen and oxygen atoms in total. The molecule has 132 valence electrons. The maximum Gasteiger partial charge on any atom is 0.247 e. The van der Waals surface area contributed by atoms with Gasteiger partial charge in [-0.05, 0) is 35.4 Å². The third kappa shape index (κ3) is 6.39. The number of carbonyl (C=O) groups is 1. The molecule has 0 unspecified atom stereocenters. The number of methoxy groups -OCH3 is 2. The number of benzene rings is 2. The number of amides is 1. The zero-order chi connectivity index (χ0) is 18.1. The molecule has 2 aromatic carbocycles. The summed E-state index contributed by atoms with van der Waals surface area (Å²) in [6, 6.07) is 15.1. The lowest BCUT2D eigenvalue weighted by Gasteiger charge is -2.07. The molecule has 0 saturated carbocycles. The summed E-state index contributed by atoms with van der Waals surface area (Å²) in [5, 5.41) is 6.05. The SMILES string of the molecule is COc1ccc(CNC(=O)/C=C(/Cl)NCc2ccc(OC)cc2)cc1. The van der Waals surface area contributed by atoms with Gasteiger partial charge >= 0.3 is 0 Å². The first-order valence-electron chi connectivity index (χ1n) is 7.75. The Hall–Kier alpha value is -2.66. The summed E-state index contributed by atoms with van der Waals surface area (Å²) < 4.78 is 10.2. The number of hydrogen-bond acceptors (Lipinski definition) is 4. The fourth-order valence-corrected chi connectivity index (χ4v) is 2.25. The number of hydrogen-bond donors (Lipinski definition) is 2. The number of halogens is 1. The molecule has 0 bridgehead atoms. The lowest BCUT2D eigenvalue weighted by Crippen LogP contribution is -2.22. The number of ether oxygens (including phenoxy) is 2. The van der Waals surface area contributed by atoms with Crippen molar-refractivity contribution in [1.82, 2.24) is 10.6 Å². The first-order valence-corrected chi connectivity index (χ1v) is 8.13. The average Bonchev–Trinajstić information content (AvgIpc) is 2.65. The molecule has 0 atom stereocenters. The molecule has 1 amide bonds. The molecule has 0 aliphatic carbocycles. The van der Waals surface area contributed by atoms with E-state index in [2.05, 4.69) is 10.6 Å².